The van der Waals surface area contributed by atoms with E-state index in [4.69, 9.17) is 0 Å². The second kappa shape index (κ2) is 9.32. The molecule has 0 aliphatic heterocycles. The van der Waals surface area contributed by atoms with Crippen molar-refractivity contribution < 1.29 is 0 Å². The number of aryl methyl sites for hydroxylation is 2. The van der Waals surface area contributed by atoms with Gasteiger partial charge in [-0.15, -0.1) is 0 Å². The number of rotatable bonds is 7. The van der Waals surface area contributed by atoms with Crippen molar-refractivity contribution in [1.29, 1.82) is 0 Å². The van der Waals surface area contributed by atoms with Gasteiger partial charge in [-0.1, -0.05) is 72.8 Å². The smallest absolute Gasteiger partial charge is 0.0400 e. The molecule has 0 spiro atoms. The number of anilines is 2. The van der Waals surface area contributed by atoms with Crippen LogP contribution in [-0.4, -0.2) is 0 Å². The van der Waals surface area contributed by atoms with E-state index in [0.717, 1.165) is 24.5 Å². The molecule has 150 valence electrons. The van der Waals surface area contributed by atoms with Crippen molar-refractivity contribution >= 4 is 11.4 Å². The van der Waals surface area contributed by atoms with Gasteiger partial charge in [-0.3, -0.25) is 0 Å². The Balaban J connectivity index is 1.45. The van der Waals surface area contributed by atoms with Gasteiger partial charge in [-0.25, -0.2) is 0 Å². The van der Waals surface area contributed by atoms with Gasteiger partial charge in [0, 0.05) is 24.5 Å². The first kappa shape index (κ1) is 19.8. The molecule has 2 nitrogen and oxygen atoms in total. The lowest BCUT2D eigenvalue weighted by Gasteiger charge is -2.14. The standard InChI is InChI=1S/C28H28N2/c1-21-17-25(29-19-23-9-5-3-6-10-23)13-15-27(21)28-16-14-26(18-22(28)2)30-20-24-11-7-4-8-12-24/h3-18,29-30H,19-20H2,1-2H3. The summed E-state index contributed by atoms with van der Waals surface area (Å²) in [5.41, 5.74) is 10.0. The molecule has 4 aromatic rings. The molecule has 30 heavy (non-hydrogen) atoms. The maximum atomic E-state index is 3.53. The van der Waals surface area contributed by atoms with Crippen LogP contribution in [0, 0.1) is 13.8 Å². The summed E-state index contributed by atoms with van der Waals surface area (Å²) in [4.78, 5) is 0. The quantitative estimate of drug-likeness (QED) is 0.348. The van der Waals surface area contributed by atoms with E-state index in [9.17, 15) is 0 Å². The molecule has 2 N–H and O–H groups in total. The molecule has 0 aliphatic rings. The Bertz CT molecular complexity index is 1010. The third-order valence-electron chi connectivity index (χ3n) is 5.42. The molecule has 0 atom stereocenters. The van der Waals surface area contributed by atoms with Crippen molar-refractivity contribution in [2.75, 3.05) is 10.6 Å². The van der Waals surface area contributed by atoms with Crippen LogP contribution < -0.4 is 10.6 Å². The Morgan fingerprint density at radius 3 is 1.27 bits per heavy atom. The van der Waals surface area contributed by atoms with Crippen LogP contribution in [0.5, 0.6) is 0 Å². The van der Waals surface area contributed by atoms with E-state index in [-0.39, 0.29) is 0 Å². The SMILES string of the molecule is Cc1cc(NCc2ccccc2)ccc1-c1ccc(NCc2ccccc2)cc1C. The fraction of sp³-hybridized carbons (Fsp3) is 0.143. The number of nitrogens with one attached hydrogen (secondary N) is 2. The maximum absolute atomic E-state index is 3.53. The normalized spacial score (nSPS) is 10.6. The minimum Gasteiger partial charge on any atom is -0.381 e. The fourth-order valence-electron chi connectivity index (χ4n) is 3.75. The van der Waals surface area contributed by atoms with Crippen molar-refractivity contribution in [3.63, 3.8) is 0 Å². The average molecular weight is 393 g/mol. The Kier molecular flexibility index (Phi) is 6.14. The van der Waals surface area contributed by atoms with Crippen LogP contribution in [0.15, 0.2) is 97.1 Å². The molecule has 0 amide bonds. The Morgan fingerprint density at radius 1 is 0.500 bits per heavy atom. The highest BCUT2D eigenvalue weighted by Crippen LogP contribution is 2.30. The molecule has 2 heteroatoms. The highest BCUT2D eigenvalue weighted by molar-refractivity contribution is 5.74. The van der Waals surface area contributed by atoms with Crippen LogP contribution in [0.3, 0.4) is 0 Å². The molecule has 0 aromatic heterocycles. The van der Waals surface area contributed by atoms with Crippen molar-refractivity contribution in [2.45, 2.75) is 26.9 Å². The van der Waals surface area contributed by atoms with Gasteiger partial charge in [0.15, 0.2) is 0 Å². The zero-order valence-corrected chi connectivity index (χ0v) is 17.7. The summed E-state index contributed by atoms with van der Waals surface area (Å²) >= 11 is 0. The van der Waals surface area contributed by atoms with E-state index in [1.54, 1.807) is 0 Å². The molecular weight excluding hydrogens is 364 g/mol. The topological polar surface area (TPSA) is 24.1 Å². The van der Waals surface area contributed by atoms with Gasteiger partial charge in [0.2, 0.25) is 0 Å². The van der Waals surface area contributed by atoms with Gasteiger partial charge in [0.1, 0.15) is 0 Å². The first-order valence-corrected chi connectivity index (χ1v) is 10.5. The van der Waals surface area contributed by atoms with Crippen LogP contribution in [0.2, 0.25) is 0 Å². The van der Waals surface area contributed by atoms with Gasteiger partial charge in [0.05, 0.1) is 0 Å². The molecule has 0 bridgehead atoms. The first-order valence-electron chi connectivity index (χ1n) is 10.5. The number of hydrogen-bond donors (Lipinski definition) is 2. The summed E-state index contributed by atoms with van der Waals surface area (Å²) in [5.74, 6) is 0. The molecule has 0 saturated heterocycles. The van der Waals surface area contributed by atoms with Crippen LogP contribution in [0.25, 0.3) is 11.1 Å². The summed E-state index contributed by atoms with van der Waals surface area (Å²) in [6.07, 6.45) is 0. The Labute approximate surface area is 179 Å². The van der Waals surface area contributed by atoms with Crippen molar-refractivity contribution in [2.24, 2.45) is 0 Å². The highest BCUT2D eigenvalue weighted by atomic mass is 14.9. The predicted molar refractivity (Wildman–Crippen MR) is 129 cm³/mol. The maximum Gasteiger partial charge on any atom is 0.0400 e. The number of benzene rings is 4. The van der Waals surface area contributed by atoms with Crippen LogP contribution in [0.1, 0.15) is 22.3 Å². The molecule has 0 fully saturated rings. The van der Waals surface area contributed by atoms with Crippen LogP contribution in [0.4, 0.5) is 11.4 Å². The van der Waals surface area contributed by atoms with Gasteiger partial charge in [-0.2, -0.15) is 0 Å². The lowest BCUT2D eigenvalue weighted by molar-refractivity contribution is 1.15. The van der Waals surface area contributed by atoms with Gasteiger partial charge < -0.3 is 10.6 Å². The van der Waals surface area contributed by atoms with E-state index in [0.29, 0.717) is 0 Å². The minimum atomic E-state index is 0.834. The highest BCUT2D eigenvalue weighted by Gasteiger charge is 2.07. The fourth-order valence-corrected chi connectivity index (χ4v) is 3.75. The van der Waals surface area contributed by atoms with Crippen molar-refractivity contribution in [1.82, 2.24) is 0 Å². The zero-order valence-electron chi connectivity index (χ0n) is 17.7. The molecule has 4 aromatic carbocycles. The summed E-state index contributed by atoms with van der Waals surface area (Å²) < 4.78 is 0. The third-order valence-corrected chi connectivity index (χ3v) is 5.42. The lowest BCUT2D eigenvalue weighted by atomic mass is 9.95. The van der Waals surface area contributed by atoms with E-state index in [2.05, 4.69) is 109 Å². The summed E-state index contributed by atoms with van der Waals surface area (Å²) in [6.45, 7) is 6.04. The lowest BCUT2D eigenvalue weighted by Crippen LogP contribution is -2.00. The van der Waals surface area contributed by atoms with Gasteiger partial charge in [-0.05, 0) is 71.5 Å². The molecule has 0 heterocycles. The van der Waals surface area contributed by atoms with E-state index in [1.807, 2.05) is 12.1 Å². The van der Waals surface area contributed by atoms with Gasteiger partial charge in [0.25, 0.3) is 0 Å². The Morgan fingerprint density at radius 2 is 0.900 bits per heavy atom. The molecule has 0 aliphatic carbocycles. The zero-order chi connectivity index (χ0) is 20.8. The van der Waals surface area contributed by atoms with Crippen LogP contribution in [-0.2, 0) is 13.1 Å². The van der Waals surface area contributed by atoms with E-state index < -0.39 is 0 Å². The summed E-state index contributed by atoms with van der Waals surface area (Å²) in [6, 6.07) is 34.2. The van der Waals surface area contributed by atoms with E-state index >= 15 is 0 Å². The minimum absolute atomic E-state index is 0.834. The molecule has 0 radical (unpaired) electrons. The predicted octanol–water partition coefficient (Wildman–Crippen LogP) is 7.19. The largest absolute Gasteiger partial charge is 0.381 e. The first-order chi connectivity index (χ1) is 14.7. The van der Waals surface area contributed by atoms with Crippen LogP contribution >= 0.6 is 0 Å². The molecule has 0 saturated carbocycles. The summed E-state index contributed by atoms with van der Waals surface area (Å²) in [7, 11) is 0. The van der Waals surface area contributed by atoms with E-state index in [1.165, 1.54) is 33.4 Å². The third kappa shape index (κ3) is 4.90. The molecular formula is C28H28N2. The second-order valence-corrected chi connectivity index (χ2v) is 7.74. The van der Waals surface area contributed by atoms with Crippen molar-refractivity contribution in [3.05, 3.63) is 119 Å². The second-order valence-electron chi connectivity index (χ2n) is 7.74. The van der Waals surface area contributed by atoms with Gasteiger partial charge >= 0.3 is 0 Å². The monoisotopic (exact) mass is 392 g/mol. The number of hydrogen-bond acceptors (Lipinski definition) is 2. The molecule has 0 unspecified atom stereocenters. The van der Waals surface area contributed by atoms with Crippen molar-refractivity contribution in [3.8, 4) is 11.1 Å². The Hall–Kier alpha value is -3.52. The summed E-state index contributed by atoms with van der Waals surface area (Å²) in [5, 5.41) is 7.05. The average Bonchev–Trinajstić information content (AvgIpc) is 2.78. The molecule has 4 rings (SSSR count).